The summed E-state index contributed by atoms with van der Waals surface area (Å²) in [5.74, 6) is 0. The van der Waals surface area contributed by atoms with Crippen LogP contribution in [0.1, 0.15) is 12.5 Å². The molecule has 0 fully saturated rings. The third-order valence-electron chi connectivity index (χ3n) is 1.52. The van der Waals surface area contributed by atoms with Crippen LogP contribution >= 0.6 is 23.2 Å². The smallest absolute Gasteiger partial charge is 0.659 e. The molecule has 0 aromatic heterocycles. The zero-order valence-electron chi connectivity index (χ0n) is 7.85. The Morgan fingerprint density at radius 3 is 2.54 bits per heavy atom. The number of hydrogen-bond acceptors (Lipinski definition) is 0. The number of rotatable bonds is 3. The van der Waals surface area contributed by atoms with Crippen molar-refractivity contribution in [1.29, 1.82) is 0 Å². The van der Waals surface area contributed by atoms with E-state index < -0.39 is 0 Å². The van der Waals surface area contributed by atoms with Crippen LogP contribution < -0.4 is 18.9 Å². The van der Waals surface area contributed by atoms with Crippen molar-refractivity contribution >= 4 is 23.2 Å². The molecule has 1 nitrogen and oxygen atoms in total. The van der Waals surface area contributed by atoms with Crippen molar-refractivity contribution < 1.29 is 18.9 Å². The van der Waals surface area contributed by atoms with E-state index in [1.54, 1.807) is 6.07 Å². The van der Waals surface area contributed by atoms with Crippen molar-refractivity contribution in [2.75, 3.05) is 6.54 Å². The molecule has 13 heavy (non-hydrogen) atoms. The van der Waals surface area contributed by atoms with Gasteiger partial charge in [0, 0.05) is 10.0 Å². The summed E-state index contributed by atoms with van der Waals surface area (Å²) >= 11 is 11.7. The van der Waals surface area contributed by atoms with Crippen LogP contribution in [0.25, 0.3) is 5.32 Å². The quantitative estimate of drug-likeness (QED) is 0.658. The van der Waals surface area contributed by atoms with Gasteiger partial charge in [-0.15, -0.1) is 6.54 Å². The van der Waals surface area contributed by atoms with Gasteiger partial charge in [-0.2, -0.15) is 6.54 Å². The van der Waals surface area contributed by atoms with E-state index in [4.69, 9.17) is 23.2 Å². The molecule has 66 valence electrons. The van der Waals surface area contributed by atoms with Crippen molar-refractivity contribution in [1.82, 2.24) is 0 Å². The van der Waals surface area contributed by atoms with Gasteiger partial charge in [0.25, 0.3) is 0 Å². The Hall–Kier alpha value is 0.357. The Morgan fingerprint density at radius 1 is 1.31 bits per heavy atom. The molecule has 0 spiro atoms. The fourth-order valence-corrected chi connectivity index (χ4v) is 1.35. The van der Waals surface area contributed by atoms with Crippen molar-refractivity contribution in [2.45, 2.75) is 13.5 Å². The number of hydrogen-bond donors (Lipinski definition) is 0. The van der Waals surface area contributed by atoms with Gasteiger partial charge in [0.15, 0.2) is 0 Å². The van der Waals surface area contributed by atoms with Crippen LogP contribution in [-0.4, -0.2) is 6.54 Å². The molecular weight excluding hydrogens is 200 g/mol. The van der Waals surface area contributed by atoms with E-state index in [0.29, 0.717) is 16.6 Å². The Bertz CT molecular complexity index is 266. The fraction of sp³-hybridized carbons (Fsp3) is 0.333. The van der Waals surface area contributed by atoms with Crippen LogP contribution in [0.15, 0.2) is 18.2 Å². The number of halogens is 2. The SMILES string of the molecule is CC[N-]Cc1ccc(Cl)cc1Cl.[Li+]. The summed E-state index contributed by atoms with van der Waals surface area (Å²) in [7, 11) is 0. The normalized spacial score (nSPS) is 9.46. The summed E-state index contributed by atoms with van der Waals surface area (Å²) in [6.07, 6.45) is 0. The summed E-state index contributed by atoms with van der Waals surface area (Å²) < 4.78 is 0. The molecule has 1 aromatic rings. The summed E-state index contributed by atoms with van der Waals surface area (Å²) in [4.78, 5) is 0. The topological polar surface area (TPSA) is 14.1 Å². The molecule has 0 unspecified atom stereocenters. The predicted molar refractivity (Wildman–Crippen MR) is 54.1 cm³/mol. The molecule has 1 rings (SSSR count). The predicted octanol–water partition coefficient (Wildman–Crippen LogP) is 0.891. The van der Waals surface area contributed by atoms with Gasteiger partial charge in [0.2, 0.25) is 0 Å². The molecule has 0 N–H and O–H groups in total. The van der Waals surface area contributed by atoms with Gasteiger partial charge in [-0.05, 0) is 17.7 Å². The number of nitrogens with zero attached hydrogens (tertiary/aromatic N) is 1. The van der Waals surface area contributed by atoms with Gasteiger partial charge >= 0.3 is 18.9 Å². The molecule has 0 aliphatic rings. The molecule has 1 aromatic carbocycles. The Labute approximate surface area is 101 Å². The van der Waals surface area contributed by atoms with Crippen LogP contribution in [0.4, 0.5) is 0 Å². The molecule has 0 atom stereocenters. The van der Waals surface area contributed by atoms with Crippen LogP contribution in [0.5, 0.6) is 0 Å². The van der Waals surface area contributed by atoms with E-state index in [-0.39, 0.29) is 18.9 Å². The Balaban J connectivity index is 0.00000144. The van der Waals surface area contributed by atoms with Crippen molar-refractivity contribution in [3.8, 4) is 0 Å². The van der Waals surface area contributed by atoms with Crippen molar-refractivity contribution in [3.63, 3.8) is 0 Å². The van der Waals surface area contributed by atoms with E-state index in [2.05, 4.69) is 5.32 Å². The maximum Gasteiger partial charge on any atom is 1.00 e. The second-order valence-electron chi connectivity index (χ2n) is 2.43. The van der Waals surface area contributed by atoms with Gasteiger partial charge in [0.1, 0.15) is 0 Å². The molecule has 0 saturated carbocycles. The minimum atomic E-state index is 0. The monoisotopic (exact) mass is 209 g/mol. The molecule has 0 saturated heterocycles. The maximum absolute atomic E-state index is 5.92. The van der Waals surface area contributed by atoms with Crippen LogP contribution in [-0.2, 0) is 6.54 Å². The van der Waals surface area contributed by atoms with Gasteiger partial charge in [-0.1, -0.05) is 36.2 Å². The average molecular weight is 210 g/mol. The first-order valence-electron chi connectivity index (χ1n) is 3.81. The van der Waals surface area contributed by atoms with E-state index in [0.717, 1.165) is 12.1 Å². The zero-order valence-corrected chi connectivity index (χ0v) is 9.36. The van der Waals surface area contributed by atoms with Gasteiger partial charge in [-0.25, -0.2) is 0 Å². The Kier molecular flexibility index (Phi) is 6.94. The molecule has 4 heteroatoms. The minimum absolute atomic E-state index is 0. The average Bonchev–Trinajstić information content (AvgIpc) is 2.03. The summed E-state index contributed by atoms with van der Waals surface area (Å²) in [6, 6.07) is 5.47. The minimum Gasteiger partial charge on any atom is -0.659 e. The second-order valence-corrected chi connectivity index (χ2v) is 3.28. The molecule has 0 radical (unpaired) electrons. The summed E-state index contributed by atoms with van der Waals surface area (Å²) in [5, 5.41) is 5.57. The van der Waals surface area contributed by atoms with Crippen LogP contribution in [0, 0.1) is 0 Å². The third kappa shape index (κ3) is 4.40. The van der Waals surface area contributed by atoms with E-state index in [9.17, 15) is 0 Å². The van der Waals surface area contributed by atoms with Crippen LogP contribution in [0.2, 0.25) is 10.0 Å². The fourth-order valence-electron chi connectivity index (χ4n) is 0.882. The molecular formula is C9H10Cl2LiN. The number of benzene rings is 1. The second kappa shape index (κ2) is 6.76. The largest absolute Gasteiger partial charge is 1.00 e. The van der Waals surface area contributed by atoms with Gasteiger partial charge < -0.3 is 5.32 Å². The van der Waals surface area contributed by atoms with E-state index in [1.165, 1.54) is 0 Å². The zero-order chi connectivity index (χ0) is 8.97. The van der Waals surface area contributed by atoms with Crippen LogP contribution in [0.3, 0.4) is 0 Å². The standard InChI is InChI=1S/C9H10Cl2N.Li/c1-2-12-6-7-3-4-8(10)5-9(7)11;/h3-5H,2,6H2,1H3;/q-1;+1. The molecule has 0 heterocycles. The molecule has 0 bridgehead atoms. The molecule has 0 aliphatic carbocycles. The van der Waals surface area contributed by atoms with Crippen molar-refractivity contribution in [2.24, 2.45) is 0 Å². The van der Waals surface area contributed by atoms with Gasteiger partial charge in [-0.3, -0.25) is 0 Å². The first-order valence-corrected chi connectivity index (χ1v) is 4.57. The first kappa shape index (κ1) is 13.4. The third-order valence-corrected chi connectivity index (χ3v) is 2.11. The molecule has 0 aliphatic heterocycles. The first-order chi connectivity index (χ1) is 5.74. The van der Waals surface area contributed by atoms with Crippen molar-refractivity contribution in [3.05, 3.63) is 39.1 Å². The van der Waals surface area contributed by atoms with E-state index >= 15 is 0 Å². The Morgan fingerprint density at radius 2 is 2.00 bits per heavy atom. The summed E-state index contributed by atoms with van der Waals surface area (Å²) in [5.41, 5.74) is 1.03. The summed E-state index contributed by atoms with van der Waals surface area (Å²) in [6.45, 7) is 3.50. The van der Waals surface area contributed by atoms with Gasteiger partial charge in [0.05, 0.1) is 0 Å². The molecule has 0 amide bonds. The van der Waals surface area contributed by atoms with E-state index in [1.807, 2.05) is 19.1 Å². The maximum atomic E-state index is 5.92.